The van der Waals surface area contributed by atoms with Gasteiger partial charge < -0.3 is 24.2 Å². The Morgan fingerprint density at radius 1 is 1.17 bits per heavy atom. The maximum Gasteiger partial charge on any atom is 0.408 e. The van der Waals surface area contributed by atoms with Crippen molar-refractivity contribution in [2.24, 2.45) is 11.8 Å². The quantitative estimate of drug-likeness (QED) is 0.253. The van der Waals surface area contributed by atoms with E-state index in [0.717, 1.165) is 18.5 Å². The Kier molecular flexibility index (Phi) is 11.6. The zero-order valence-corrected chi connectivity index (χ0v) is 29.3. The van der Waals surface area contributed by atoms with Crippen LogP contribution in [0.2, 0.25) is 0 Å². The van der Waals surface area contributed by atoms with E-state index >= 15 is 0 Å². The van der Waals surface area contributed by atoms with Crippen molar-refractivity contribution in [3.63, 3.8) is 0 Å². The van der Waals surface area contributed by atoms with Gasteiger partial charge in [0.05, 0.1) is 31.8 Å². The molecular weight excluding hydrogens is 608 g/mol. The predicted molar refractivity (Wildman–Crippen MR) is 180 cm³/mol. The molecule has 1 saturated heterocycles. The number of aromatic nitrogens is 1. The van der Waals surface area contributed by atoms with Crippen LogP contribution in [-0.4, -0.2) is 93.1 Å². The number of pyridine rings is 1. The standard InChI is InChI=1S/C34H52N4O7S/c1-8-17-37(46(7,41)42)29-27(14-16-35-30(29)36(18-20-43-6)23-28-21-25(28)2)24-45-31-34(15-19-44-31,22-26-12-10-9-11-13-26)38(32(39)40)33(3,4)5/h9-14,16,25,28,31H,8,15,17-24H2,1-7H3,(H,39,40)/t25-,28+,31?,34?/m0/s1. The van der Waals surface area contributed by atoms with Crippen molar-refractivity contribution in [2.45, 2.75) is 84.3 Å². The first kappa shape index (κ1) is 35.9. The van der Waals surface area contributed by atoms with Gasteiger partial charge in [-0.15, -0.1) is 0 Å². The van der Waals surface area contributed by atoms with Crippen LogP contribution in [0.15, 0.2) is 42.6 Å². The summed E-state index contributed by atoms with van der Waals surface area (Å²) in [5.74, 6) is 1.66. The van der Waals surface area contributed by atoms with Gasteiger partial charge in [0.15, 0.2) is 12.1 Å². The largest absolute Gasteiger partial charge is 0.465 e. The van der Waals surface area contributed by atoms with Crippen molar-refractivity contribution in [3.05, 3.63) is 53.7 Å². The molecule has 2 heterocycles. The summed E-state index contributed by atoms with van der Waals surface area (Å²) in [5.41, 5.74) is 0.318. The lowest BCUT2D eigenvalue weighted by Gasteiger charge is -2.49. The third-order valence-corrected chi connectivity index (χ3v) is 10.1. The molecule has 2 aliphatic rings. The van der Waals surface area contributed by atoms with E-state index in [1.807, 2.05) is 58.0 Å². The highest BCUT2D eigenvalue weighted by atomic mass is 32.2. The van der Waals surface area contributed by atoms with Crippen molar-refractivity contribution in [1.29, 1.82) is 0 Å². The normalized spacial score (nSPS) is 22.9. The molecule has 2 fully saturated rings. The van der Waals surface area contributed by atoms with Crippen LogP contribution in [0.5, 0.6) is 0 Å². The zero-order chi connectivity index (χ0) is 33.7. The topological polar surface area (TPSA) is 122 Å². The smallest absolute Gasteiger partial charge is 0.408 e. The highest BCUT2D eigenvalue weighted by molar-refractivity contribution is 7.92. The molecule has 256 valence electrons. The number of hydrogen-bond acceptors (Lipinski definition) is 8. The number of sulfonamides is 1. The van der Waals surface area contributed by atoms with Crippen LogP contribution in [0.25, 0.3) is 0 Å². The van der Waals surface area contributed by atoms with E-state index in [4.69, 9.17) is 19.2 Å². The average Bonchev–Trinajstić information content (AvgIpc) is 3.53. The first-order valence-electron chi connectivity index (χ1n) is 16.2. The van der Waals surface area contributed by atoms with E-state index in [0.29, 0.717) is 67.9 Å². The van der Waals surface area contributed by atoms with Crippen LogP contribution < -0.4 is 9.21 Å². The molecule has 1 amide bonds. The fraction of sp³-hybridized carbons (Fsp3) is 0.647. The fourth-order valence-corrected chi connectivity index (χ4v) is 7.76. The minimum Gasteiger partial charge on any atom is -0.465 e. The van der Waals surface area contributed by atoms with Gasteiger partial charge in [-0.05, 0) is 63.5 Å². The Morgan fingerprint density at radius 3 is 2.43 bits per heavy atom. The predicted octanol–water partition coefficient (Wildman–Crippen LogP) is 5.39. The lowest BCUT2D eigenvalue weighted by molar-refractivity contribution is -0.181. The molecule has 11 nitrogen and oxygen atoms in total. The van der Waals surface area contributed by atoms with E-state index in [2.05, 4.69) is 11.8 Å². The number of anilines is 2. The average molecular weight is 661 g/mol. The third kappa shape index (κ3) is 8.31. The number of ether oxygens (including phenoxy) is 3. The van der Waals surface area contributed by atoms with Gasteiger partial charge in [-0.1, -0.05) is 44.2 Å². The highest BCUT2D eigenvalue weighted by Gasteiger charge is 2.55. The molecule has 1 N–H and O–H groups in total. The third-order valence-electron chi connectivity index (χ3n) is 8.95. The van der Waals surface area contributed by atoms with Crippen molar-refractivity contribution in [3.8, 4) is 0 Å². The summed E-state index contributed by atoms with van der Waals surface area (Å²) < 4.78 is 46.3. The number of rotatable bonds is 16. The summed E-state index contributed by atoms with van der Waals surface area (Å²) in [6, 6.07) is 11.6. The molecule has 0 spiro atoms. The maximum atomic E-state index is 13.3. The van der Waals surface area contributed by atoms with Gasteiger partial charge in [0, 0.05) is 50.5 Å². The molecule has 0 bridgehead atoms. The van der Waals surface area contributed by atoms with Crippen LogP contribution in [0.3, 0.4) is 0 Å². The minimum absolute atomic E-state index is 0.00263. The van der Waals surface area contributed by atoms with Crippen molar-refractivity contribution >= 4 is 27.6 Å². The van der Waals surface area contributed by atoms with E-state index in [1.165, 1.54) is 15.5 Å². The fourth-order valence-electron chi connectivity index (χ4n) is 6.72. The summed E-state index contributed by atoms with van der Waals surface area (Å²) >= 11 is 0. The molecule has 12 heteroatoms. The molecule has 1 aromatic heterocycles. The van der Waals surface area contributed by atoms with Crippen molar-refractivity contribution in [2.75, 3.05) is 55.4 Å². The molecule has 0 radical (unpaired) electrons. The van der Waals surface area contributed by atoms with Crippen LogP contribution in [0.4, 0.5) is 16.3 Å². The Morgan fingerprint density at radius 2 is 1.87 bits per heavy atom. The molecule has 4 rings (SSSR count). The molecule has 1 aliphatic carbocycles. The summed E-state index contributed by atoms with van der Waals surface area (Å²) in [4.78, 5) is 21.3. The Balaban J connectivity index is 1.78. The Labute approximate surface area is 274 Å². The van der Waals surface area contributed by atoms with E-state index in [9.17, 15) is 18.3 Å². The van der Waals surface area contributed by atoms with Crippen molar-refractivity contribution in [1.82, 2.24) is 9.88 Å². The molecule has 1 aromatic carbocycles. The molecule has 1 saturated carbocycles. The van der Waals surface area contributed by atoms with E-state index in [1.54, 1.807) is 19.4 Å². The molecule has 2 unspecified atom stereocenters. The van der Waals surface area contributed by atoms with Crippen LogP contribution in [0.1, 0.15) is 65.0 Å². The lowest BCUT2D eigenvalue weighted by atomic mass is 9.83. The van der Waals surface area contributed by atoms with Gasteiger partial charge >= 0.3 is 6.09 Å². The van der Waals surface area contributed by atoms with E-state index < -0.39 is 33.5 Å². The first-order chi connectivity index (χ1) is 21.7. The molecule has 2 aromatic rings. The number of amides is 1. The first-order valence-corrected chi connectivity index (χ1v) is 18.1. The van der Waals surface area contributed by atoms with Crippen molar-refractivity contribution < 1.29 is 32.5 Å². The van der Waals surface area contributed by atoms with Gasteiger partial charge in [-0.2, -0.15) is 0 Å². The van der Waals surface area contributed by atoms with Gasteiger partial charge in [-0.25, -0.2) is 18.2 Å². The summed E-state index contributed by atoms with van der Waals surface area (Å²) in [6.07, 6.45) is 3.50. The number of hydrogen-bond donors (Lipinski definition) is 1. The second-order valence-electron chi connectivity index (χ2n) is 13.7. The molecule has 4 atom stereocenters. The molecular formula is C34H52N4O7S. The second-order valence-corrected chi connectivity index (χ2v) is 15.6. The number of methoxy groups -OCH3 is 1. The lowest BCUT2D eigenvalue weighted by Crippen LogP contribution is -2.64. The summed E-state index contributed by atoms with van der Waals surface area (Å²) in [7, 11) is -2.03. The number of nitrogens with zero attached hydrogens (tertiary/aromatic N) is 4. The van der Waals surface area contributed by atoms with Gasteiger partial charge in [0.1, 0.15) is 5.54 Å². The number of benzene rings is 1. The monoisotopic (exact) mass is 660 g/mol. The maximum absolute atomic E-state index is 13.3. The van der Waals surface area contributed by atoms with Crippen LogP contribution >= 0.6 is 0 Å². The summed E-state index contributed by atoms with van der Waals surface area (Å²) in [5, 5.41) is 10.6. The zero-order valence-electron chi connectivity index (χ0n) is 28.4. The van der Waals surface area contributed by atoms with E-state index in [-0.39, 0.29) is 13.2 Å². The van der Waals surface area contributed by atoms with Gasteiger partial charge in [-0.3, -0.25) is 9.21 Å². The highest BCUT2D eigenvalue weighted by Crippen LogP contribution is 2.43. The van der Waals surface area contributed by atoms with Gasteiger partial charge in [0.2, 0.25) is 10.0 Å². The second kappa shape index (κ2) is 14.9. The summed E-state index contributed by atoms with van der Waals surface area (Å²) in [6.45, 7) is 12.1. The number of carboxylic acid groups (broad SMARTS) is 1. The minimum atomic E-state index is -3.68. The Hall–Kier alpha value is -2.93. The molecule has 1 aliphatic heterocycles. The SMILES string of the molecule is CCCN(c1c(COC2OCCC2(Cc2ccccc2)N(C(=O)O)C(C)(C)C)ccnc1N(CCOC)C[C@H]1C[C@@H]1C)S(C)(=O)=O. The van der Waals surface area contributed by atoms with Gasteiger partial charge in [0.25, 0.3) is 0 Å². The van der Waals surface area contributed by atoms with Crippen LogP contribution in [0, 0.1) is 11.8 Å². The van der Waals surface area contributed by atoms with Crippen LogP contribution in [-0.2, 0) is 37.3 Å². The molecule has 46 heavy (non-hydrogen) atoms. The number of carbonyl (C=O) groups is 1. The Bertz CT molecular complexity index is 1420.